The summed E-state index contributed by atoms with van der Waals surface area (Å²) in [5.74, 6) is -0.260. The average molecular weight is 364 g/mol. The van der Waals surface area contributed by atoms with Crippen LogP contribution >= 0.6 is 0 Å². The van der Waals surface area contributed by atoms with Crippen LogP contribution in [0.1, 0.15) is 27.5 Å². The first-order valence-corrected chi connectivity index (χ1v) is 9.32. The molecule has 1 saturated heterocycles. The van der Waals surface area contributed by atoms with Gasteiger partial charge in [0.2, 0.25) is 0 Å². The Kier molecular flexibility index (Phi) is 5.07. The number of benzene rings is 2. The van der Waals surface area contributed by atoms with E-state index in [1.165, 1.54) is 0 Å². The van der Waals surface area contributed by atoms with Gasteiger partial charge in [-0.05, 0) is 18.6 Å². The first kappa shape index (κ1) is 17.9. The van der Waals surface area contributed by atoms with Gasteiger partial charge in [-0.15, -0.1) is 0 Å². The summed E-state index contributed by atoms with van der Waals surface area (Å²) in [5, 5.41) is 12.0. The monoisotopic (exact) mass is 364 g/mol. The van der Waals surface area contributed by atoms with Crippen LogP contribution in [0.2, 0.25) is 0 Å². The van der Waals surface area contributed by atoms with Crippen LogP contribution in [0.5, 0.6) is 0 Å². The number of carbonyl (C=O) groups excluding carboxylic acids is 1. The number of morpholine rings is 1. The van der Waals surface area contributed by atoms with Gasteiger partial charge in [0.15, 0.2) is 5.78 Å². The van der Waals surface area contributed by atoms with E-state index in [0.29, 0.717) is 31.9 Å². The molecule has 0 amide bonds. The molecule has 0 saturated carbocycles. The number of aliphatic hydroxyl groups is 1. The van der Waals surface area contributed by atoms with Crippen molar-refractivity contribution in [1.29, 1.82) is 0 Å². The Morgan fingerprint density at radius 2 is 1.81 bits per heavy atom. The lowest BCUT2D eigenvalue weighted by atomic mass is 9.92. The van der Waals surface area contributed by atoms with E-state index in [0.717, 1.165) is 22.0 Å². The van der Waals surface area contributed by atoms with Crippen molar-refractivity contribution in [2.75, 3.05) is 26.3 Å². The van der Waals surface area contributed by atoms with Crippen LogP contribution in [-0.2, 0) is 4.74 Å². The normalized spacial score (nSPS) is 17.7. The fraction of sp³-hybridized carbons (Fsp3) is 0.318. The zero-order valence-electron chi connectivity index (χ0n) is 15.4. The molecule has 1 aliphatic rings. The van der Waals surface area contributed by atoms with Crippen molar-refractivity contribution in [2.45, 2.75) is 19.1 Å². The van der Waals surface area contributed by atoms with Crippen molar-refractivity contribution >= 4 is 16.7 Å². The summed E-state index contributed by atoms with van der Waals surface area (Å²) in [4.78, 5) is 18.5. The molecule has 0 bridgehead atoms. The Hall–Kier alpha value is -2.47. The summed E-state index contributed by atoms with van der Waals surface area (Å²) in [6, 6.07) is 15.3. The maximum Gasteiger partial charge on any atom is 0.195 e. The molecule has 1 aliphatic heterocycles. The molecule has 4 rings (SSSR count). The molecule has 2 heterocycles. The Balaban J connectivity index is 1.69. The number of hydrogen-bond donors (Lipinski definition) is 2. The maximum atomic E-state index is 13.2. The third-order valence-electron chi connectivity index (χ3n) is 5.28. The van der Waals surface area contributed by atoms with Crippen LogP contribution in [0.3, 0.4) is 0 Å². The van der Waals surface area contributed by atoms with Gasteiger partial charge in [-0.1, -0.05) is 48.0 Å². The minimum atomic E-state index is -1.15. The molecule has 27 heavy (non-hydrogen) atoms. The zero-order valence-corrected chi connectivity index (χ0v) is 15.4. The second-order valence-corrected chi connectivity index (χ2v) is 7.06. The second-order valence-electron chi connectivity index (χ2n) is 7.06. The van der Waals surface area contributed by atoms with E-state index in [9.17, 15) is 9.90 Å². The lowest BCUT2D eigenvalue weighted by molar-refractivity contribution is -0.0172. The third kappa shape index (κ3) is 3.54. The van der Waals surface area contributed by atoms with Crippen molar-refractivity contribution in [2.24, 2.45) is 0 Å². The minimum absolute atomic E-state index is 0.260. The fourth-order valence-electron chi connectivity index (χ4n) is 3.79. The number of aromatic nitrogens is 1. The number of H-pyrrole nitrogens is 1. The van der Waals surface area contributed by atoms with Crippen LogP contribution in [-0.4, -0.2) is 53.2 Å². The number of aryl methyl sites for hydroxylation is 1. The molecule has 0 spiro atoms. The summed E-state index contributed by atoms with van der Waals surface area (Å²) < 4.78 is 5.46. The van der Waals surface area contributed by atoms with Crippen LogP contribution in [0, 0.1) is 6.92 Å². The molecular weight excluding hydrogens is 340 g/mol. The molecule has 5 heteroatoms. The lowest BCUT2D eigenvalue weighted by Gasteiger charge is -2.37. The Morgan fingerprint density at radius 3 is 2.56 bits per heavy atom. The number of ketones is 1. The summed E-state index contributed by atoms with van der Waals surface area (Å²) >= 11 is 0. The van der Waals surface area contributed by atoms with Gasteiger partial charge in [0.25, 0.3) is 0 Å². The van der Waals surface area contributed by atoms with Gasteiger partial charge in [0.05, 0.1) is 19.3 Å². The van der Waals surface area contributed by atoms with Crippen molar-refractivity contribution < 1.29 is 14.6 Å². The van der Waals surface area contributed by atoms with E-state index >= 15 is 0 Å². The minimum Gasteiger partial charge on any atom is -0.383 e. The van der Waals surface area contributed by atoms with E-state index in [1.807, 2.05) is 55.5 Å². The van der Waals surface area contributed by atoms with Gasteiger partial charge in [-0.3, -0.25) is 9.69 Å². The SMILES string of the molecule is Cc1ccc([C@H]([C@@H](O)C(=O)c2c[nH]c3ccccc23)N2CCOCC2)cc1. The van der Waals surface area contributed by atoms with Gasteiger partial charge in [0, 0.05) is 35.8 Å². The Labute approximate surface area is 158 Å². The standard InChI is InChI=1S/C22H24N2O3/c1-15-6-8-16(9-7-15)20(24-10-12-27-13-11-24)22(26)21(25)18-14-23-19-5-3-2-4-17(18)19/h2-9,14,20,22-23,26H,10-13H2,1H3/t20-,22-/m1/s1. The summed E-state index contributed by atoms with van der Waals surface area (Å²) in [6.45, 7) is 4.63. The van der Waals surface area contributed by atoms with E-state index in [1.54, 1.807) is 6.20 Å². The summed E-state index contributed by atoms with van der Waals surface area (Å²) in [6.07, 6.45) is 0.548. The van der Waals surface area contributed by atoms with Gasteiger partial charge in [-0.2, -0.15) is 0 Å². The molecule has 0 radical (unpaired) electrons. The largest absolute Gasteiger partial charge is 0.383 e. The zero-order chi connectivity index (χ0) is 18.8. The fourth-order valence-corrected chi connectivity index (χ4v) is 3.79. The number of nitrogens with zero attached hydrogens (tertiary/aromatic N) is 1. The summed E-state index contributed by atoms with van der Waals surface area (Å²) in [7, 11) is 0. The Morgan fingerprint density at radius 1 is 1.11 bits per heavy atom. The number of para-hydroxylation sites is 1. The Bertz CT molecular complexity index is 926. The van der Waals surface area contributed by atoms with Crippen molar-refractivity contribution in [3.63, 3.8) is 0 Å². The molecule has 140 valence electrons. The number of nitrogens with one attached hydrogen (secondary N) is 1. The molecule has 0 unspecified atom stereocenters. The molecular formula is C22H24N2O3. The predicted molar refractivity (Wildman–Crippen MR) is 105 cm³/mol. The highest BCUT2D eigenvalue weighted by Gasteiger charge is 2.34. The number of ether oxygens (including phenoxy) is 1. The van der Waals surface area contributed by atoms with Crippen LogP contribution in [0.4, 0.5) is 0 Å². The van der Waals surface area contributed by atoms with E-state index < -0.39 is 12.1 Å². The molecule has 5 nitrogen and oxygen atoms in total. The molecule has 2 N–H and O–H groups in total. The molecule has 1 aromatic heterocycles. The van der Waals surface area contributed by atoms with Crippen molar-refractivity contribution in [1.82, 2.24) is 9.88 Å². The van der Waals surface area contributed by atoms with Gasteiger partial charge < -0.3 is 14.8 Å². The highest BCUT2D eigenvalue weighted by molar-refractivity contribution is 6.10. The molecule has 3 aromatic rings. The molecule has 2 atom stereocenters. The van der Waals surface area contributed by atoms with Crippen molar-refractivity contribution in [3.8, 4) is 0 Å². The molecule has 0 aliphatic carbocycles. The van der Waals surface area contributed by atoms with Gasteiger partial charge >= 0.3 is 0 Å². The van der Waals surface area contributed by atoms with Gasteiger partial charge in [-0.25, -0.2) is 0 Å². The number of aliphatic hydroxyl groups excluding tert-OH is 1. The first-order chi connectivity index (χ1) is 13.1. The van der Waals surface area contributed by atoms with Gasteiger partial charge in [0.1, 0.15) is 6.10 Å². The van der Waals surface area contributed by atoms with E-state index in [-0.39, 0.29) is 5.78 Å². The van der Waals surface area contributed by atoms with E-state index in [2.05, 4.69) is 9.88 Å². The quantitative estimate of drug-likeness (QED) is 0.683. The smallest absolute Gasteiger partial charge is 0.195 e. The lowest BCUT2D eigenvalue weighted by Crippen LogP contribution is -2.46. The molecule has 1 fully saturated rings. The highest BCUT2D eigenvalue weighted by Crippen LogP contribution is 2.29. The van der Waals surface area contributed by atoms with Crippen LogP contribution in [0.25, 0.3) is 10.9 Å². The van der Waals surface area contributed by atoms with Crippen molar-refractivity contribution in [3.05, 3.63) is 71.4 Å². The average Bonchev–Trinajstić information content (AvgIpc) is 3.14. The van der Waals surface area contributed by atoms with E-state index in [4.69, 9.17) is 4.74 Å². The topological polar surface area (TPSA) is 65.6 Å². The highest BCUT2D eigenvalue weighted by atomic mass is 16.5. The summed E-state index contributed by atoms with van der Waals surface area (Å²) in [5.41, 5.74) is 3.52. The maximum absolute atomic E-state index is 13.2. The van der Waals surface area contributed by atoms with Crippen LogP contribution < -0.4 is 0 Å². The predicted octanol–water partition coefficient (Wildman–Crippen LogP) is 3.09. The number of hydrogen-bond acceptors (Lipinski definition) is 4. The number of Topliss-reactive ketones (excluding diaryl/α,β-unsaturated/α-hetero) is 1. The first-order valence-electron chi connectivity index (χ1n) is 9.32. The second kappa shape index (κ2) is 7.64. The van der Waals surface area contributed by atoms with Crippen LogP contribution in [0.15, 0.2) is 54.7 Å². The third-order valence-corrected chi connectivity index (χ3v) is 5.28. The number of fused-ring (bicyclic) bond motifs is 1. The number of carbonyl (C=O) groups is 1. The number of aromatic amines is 1. The number of rotatable bonds is 5. The molecule has 2 aromatic carbocycles.